The molecule has 1 aromatic heterocycles. The Morgan fingerprint density at radius 2 is 1.94 bits per heavy atom. The first-order valence-electron chi connectivity index (χ1n) is 8.93. The van der Waals surface area contributed by atoms with E-state index in [1.807, 2.05) is 6.07 Å². The molecule has 8 nitrogen and oxygen atoms in total. The number of hydrogen-bond donors (Lipinski definition) is 2. The Labute approximate surface area is 174 Å². The maximum absolute atomic E-state index is 12.6. The van der Waals surface area contributed by atoms with Crippen LogP contribution >= 0.6 is 0 Å². The fourth-order valence-corrected chi connectivity index (χ4v) is 2.98. The number of amides is 1. The van der Waals surface area contributed by atoms with E-state index >= 15 is 0 Å². The zero-order valence-electron chi connectivity index (χ0n) is 16.5. The van der Waals surface area contributed by atoms with Crippen LogP contribution in [0.2, 0.25) is 0 Å². The lowest BCUT2D eigenvalue weighted by Gasteiger charge is -2.24. The summed E-state index contributed by atoms with van der Waals surface area (Å²) >= 11 is 0. The van der Waals surface area contributed by atoms with E-state index < -0.39 is 23.6 Å². The maximum atomic E-state index is 12.6. The number of rotatable bonds is 6. The standard InChI is InChI=1S/C20H18F3N5O3/c1-19(10-24,11-28-18(30-2)15-8-5-13(25)9-16(15)27-28)26-17(29)12-3-6-14(7-4-12)31-20(21,22)23/h3-9H,11,25H2,1-2H3,(H,26,29). The molecule has 1 heterocycles. The Bertz CT molecular complexity index is 1150. The number of nitrogens with zero attached hydrogens (tertiary/aromatic N) is 3. The lowest BCUT2D eigenvalue weighted by Crippen LogP contribution is -2.48. The summed E-state index contributed by atoms with van der Waals surface area (Å²) < 4.78 is 47.4. The molecule has 0 bridgehead atoms. The summed E-state index contributed by atoms with van der Waals surface area (Å²) in [6, 6.07) is 11.5. The molecule has 3 rings (SSSR count). The number of ether oxygens (including phenoxy) is 2. The second-order valence-electron chi connectivity index (χ2n) is 6.91. The Kier molecular flexibility index (Phi) is 5.66. The molecule has 1 amide bonds. The molecule has 0 radical (unpaired) electrons. The number of nitriles is 1. The van der Waals surface area contributed by atoms with Gasteiger partial charge in [0.05, 0.1) is 30.6 Å². The minimum atomic E-state index is -4.83. The Morgan fingerprint density at radius 3 is 2.52 bits per heavy atom. The fourth-order valence-electron chi connectivity index (χ4n) is 2.98. The van der Waals surface area contributed by atoms with Crippen molar-refractivity contribution in [1.82, 2.24) is 15.1 Å². The molecule has 11 heteroatoms. The number of nitrogen functional groups attached to an aromatic ring is 1. The topological polar surface area (TPSA) is 115 Å². The smallest absolute Gasteiger partial charge is 0.481 e. The predicted octanol–water partition coefficient (Wildman–Crippen LogP) is 3.24. The van der Waals surface area contributed by atoms with E-state index in [0.29, 0.717) is 22.5 Å². The molecule has 0 saturated carbocycles. The third kappa shape index (κ3) is 4.98. The Hall–Kier alpha value is -3.94. The Morgan fingerprint density at radius 1 is 1.26 bits per heavy atom. The highest BCUT2D eigenvalue weighted by atomic mass is 19.4. The number of benzene rings is 2. The van der Waals surface area contributed by atoms with E-state index in [9.17, 15) is 23.2 Å². The van der Waals surface area contributed by atoms with Gasteiger partial charge in [0.1, 0.15) is 11.3 Å². The highest BCUT2D eigenvalue weighted by Gasteiger charge is 2.32. The molecule has 0 saturated heterocycles. The first-order chi connectivity index (χ1) is 14.5. The number of anilines is 1. The van der Waals surface area contributed by atoms with Gasteiger partial charge in [-0.15, -0.1) is 13.2 Å². The van der Waals surface area contributed by atoms with Crippen LogP contribution in [0.15, 0.2) is 42.5 Å². The van der Waals surface area contributed by atoms with Crippen molar-refractivity contribution in [3.8, 4) is 17.7 Å². The molecule has 31 heavy (non-hydrogen) atoms. The highest BCUT2D eigenvalue weighted by Crippen LogP contribution is 2.28. The number of carbonyl (C=O) groups is 1. The third-order valence-corrected chi connectivity index (χ3v) is 4.36. The Balaban J connectivity index is 1.80. The highest BCUT2D eigenvalue weighted by molar-refractivity contribution is 5.95. The predicted molar refractivity (Wildman–Crippen MR) is 105 cm³/mol. The molecule has 0 spiro atoms. The van der Waals surface area contributed by atoms with Crippen LogP contribution in [0.3, 0.4) is 0 Å². The van der Waals surface area contributed by atoms with Crippen LogP contribution in [0.5, 0.6) is 11.6 Å². The van der Waals surface area contributed by atoms with Crippen molar-refractivity contribution >= 4 is 22.5 Å². The first kappa shape index (κ1) is 21.8. The van der Waals surface area contributed by atoms with Crippen LogP contribution < -0.4 is 20.5 Å². The molecule has 1 atom stereocenters. The number of aromatic nitrogens is 2. The van der Waals surface area contributed by atoms with Gasteiger partial charge in [0.2, 0.25) is 5.88 Å². The van der Waals surface area contributed by atoms with Crippen LogP contribution in [0, 0.1) is 11.3 Å². The quantitative estimate of drug-likeness (QED) is 0.577. The first-order valence-corrected chi connectivity index (χ1v) is 8.93. The van der Waals surface area contributed by atoms with Gasteiger partial charge in [0.15, 0.2) is 0 Å². The van der Waals surface area contributed by atoms with Gasteiger partial charge in [0, 0.05) is 11.3 Å². The van der Waals surface area contributed by atoms with E-state index in [4.69, 9.17) is 10.5 Å². The summed E-state index contributed by atoms with van der Waals surface area (Å²) in [6.45, 7) is 1.44. The van der Waals surface area contributed by atoms with Gasteiger partial charge < -0.3 is 20.5 Å². The van der Waals surface area contributed by atoms with Crippen LogP contribution in [0.1, 0.15) is 17.3 Å². The second-order valence-corrected chi connectivity index (χ2v) is 6.91. The fraction of sp³-hybridized carbons (Fsp3) is 0.250. The van der Waals surface area contributed by atoms with Crippen LogP contribution in [-0.2, 0) is 6.54 Å². The van der Waals surface area contributed by atoms with Crippen LogP contribution in [0.4, 0.5) is 18.9 Å². The molecule has 1 unspecified atom stereocenters. The van der Waals surface area contributed by atoms with Gasteiger partial charge in [-0.25, -0.2) is 4.68 Å². The van der Waals surface area contributed by atoms with Crippen LogP contribution in [-0.4, -0.2) is 34.7 Å². The van der Waals surface area contributed by atoms with Gasteiger partial charge in [-0.3, -0.25) is 4.79 Å². The molecule has 0 fully saturated rings. The molecule has 162 valence electrons. The van der Waals surface area contributed by atoms with E-state index in [2.05, 4.69) is 15.2 Å². The van der Waals surface area contributed by atoms with Crippen molar-refractivity contribution in [3.05, 3.63) is 48.0 Å². The normalized spacial score (nSPS) is 13.3. The third-order valence-electron chi connectivity index (χ3n) is 4.36. The lowest BCUT2D eigenvalue weighted by molar-refractivity contribution is -0.274. The number of nitrogens with one attached hydrogen (secondary N) is 1. The van der Waals surface area contributed by atoms with Gasteiger partial charge in [0.25, 0.3) is 5.91 Å². The number of methoxy groups -OCH3 is 1. The van der Waals surface area contributed by atoms with E-state index in [0.717, 1.165) is 12.1 Å². The molecular weight excluding hydrogens is 415 g/mol. The van der Waals surface area contributed by atoms with E-state index in [-0.39, 0.29) is 12.1 Å². The molecule has 0 aliphatic carbocycles. The molecule has 0 aliphatic heterocycles. The molecule has 3 aromatic rings. The van der Waals surface area contributed by atoms with Crippen LogP contribution in [0.25, 0.3) is 10.9 Å². The van der Waals surface area contributed by atoms with Crippen molar-refractivity contribution < 1.29 is 27.4 Å². The number of hydrogen-bond acceptors (Lipinski definition) is 6. The average molecular weight is 433 g/mol. The maximum Gasteiger partial charge on any atom is 0.573 e. The molecule has 3 N–H and O–H groups in total. The zero-order chi connectivity index (χ0) is 22.8. The minimum Gasteiger partial charge on any atom is -0.481 e. The lowest BCUT2D eigenvalue weighted by atomic mass is 10.0. The van der Waals surface area contributed by atoms with Gasteiger partial charge in [-0.2, -0.15) is 10.4 Å². The van der Waals surface area contributed by atoms with Gasteiger partial charge in [-0.05, 0) is 49.4 Å². The van der Waals surface area contributed by atoms with Crippen molar-refractivity contribution in [1.29, 1.82) is 5.26 Å². The van der Waals surface area contributed by atoms with E-state index in [1.165, 1.54) is 30.8 Å². The average Bonchev–Trinajstić information content (AvgIpc) is 3.02. The number of halogens is 3. The number of carbonyl (C=O) groups excluding carboxylic acids is 1. The monoisotopic (exact) mass is 433 g/mol. The summed E-state index contributed by atoms with van der Waals surface area (Å²) in [6.07, 6.45) is -4.83. The summed E-state index contributed by atoms with van der Waals surface area (Å²) in [5, 5.41) is 17.3. The largest absolute Gasteiger partial charge is 0.573 e. The second kappa shape index (κ2) is 8.06. The van der Waals surface area contributed by atoms with Crippen molar-refractivity contribution in [2.75, 3.05) is 12.8 Å². The van der Waals surface area contributed by atoms with Crippen molar-refractivity contribution in [2.24, 2.45) is 0 Å². The molecule has 0 aliphatic rings. The van der Waals surface area contributed by atoms with E-state index in [1.54, 1.807) is 18.2 Å². The van der Waals surface area contributed by atoms with Gasteiger partial charge >= 0.3 is 6.36 Å². The number of nitrogens with two attached hydrogens (primary N) is 1. The number of fused-ring (bicyclic) bond motifs is 1. The zero-order valence-corrected chi connectivity index (χ0v) is 16.5. The SMILES string of the molecule is COc1c2ccc(N)cc2nn1CC(C)(C#N)NC(=O)c1ccc(OC(F)(F)F)cc1. The molecule has 2 aromatic carbocycles. The summed E-state index contributed by atoms with van der Waals surface area (Å²) in [7, 11) is 1.45. The number of alkyl halides is 3. The summed E-state index contributed by atoms with van der Waals surface area (Å²) in [5.74, 6) is -0.721. The van der Waals surface area contributed by atoms with Crippen molar-refractivity contribution in [3.63, 3.8) is 0 Å². The van der Waals surface area contributed by atoms with Gasteiger partial charge in [-0.1, -0.05) is 0 Å². The summed E-state index contributed by atoms with van der Waals surface area (Å²) in [5.41, 5.74) is 5.50. The summed E-state index contributed by atoms with van der Waals surface area (Å²) in [4.78, 5) is 12.6. The minimum absolute atomic E-state index is 0.0533. The molecular formula is C20H18F3N5O3. The van der Waals surface area contributed by atoms with Crippen molar-refractivity contribution in [2.45, 2.75) is 25.4 Å².